The summed E-state index contributed by atoms with van der Waals surface area (Å²) in [5.41, 5.74) is 4.16. The van der Waals surface area contributed by atoms with Crippen LogP contribution < -0.4 is 24.7 Å². The van der Waals surface area contributed by atoms with Crippen molar-refractivity contribution in [3.8, 4) is 41.2 Å². The largest absolute Gasteiger partial charge is 0.493 e. The van der Waals surface area contributed by atoms with Gasteiger partial charge in [-0.2, -0.15) is 15.8 Å². The van der Waals surface area contributed by atoms with Crippen molar-refractivity contribution in [2.24, 2.45) is 11.1 Å². The van der Waals surface area contributed by atoms with E-state index in [1.54, 1.807) is 12.1 Å². The predicted octanol–water partition coefficient (Wildman–Crippen LogP) is 3.02. The van der Waals surface area contributed by atoms with Crippen LogP contribution in [0.15, 0.2) is 47.7 Å². The summed E-state index contributed by atoms with van der Waals surface area (Å²) in [5, 5.41) is 43.1. The Balaban J connectivity index is 2.42. The number of hydrogen-bond donors (Lipinski definition) is 1. The highest BCUT2D eigenvalue weighted by atomic mass is 16.6. The van der Waals surface area contributed by atoms with Gasteiger partial charge in [0.25, 0.3) is 0 Å². The molecule has 11 nitrogen and oxygen atoms in total. The van der Waals surface area contributed by atoms with Gasteiger partial charge in [0.1, 0.15) is 0 Å². The van der Waals surface area contributed by atoms with Gasteiger partial charge in [-0.15, -0.1) is 0 Å². The molecule has 0 saturated carbocycles. The van der Waals surface area contributed by atoms with Gasteiger partial charge >= 0.3 is 0 Å². The summed E-state index contributed by atoms with van der Waals surface area (Å²) < 4.78 is 21.2. The number of methoxy groups -OCH3 is 4. The molecule has 2 aromatic rings. The number of nitrogens with zero attached hydrogens (tertiary/aromatic N) is 4. The van der Waals surface area contributed by atoms with Crippen molar-refractivity contribution in [1.29, 1.82) is 15.8 Å². The van der Waals surface area contributed by atoms with Gasteiger partial charge in [0.2, 0.25) is 6.04 Å². The Labute approximate surface area is 207 Å². The molecule has 0 aliphatic heterocycles. The van der Waals surface area contributed by atoms with Crippen molar-refractivity contribution in [1.82, 2.24) is 0 Å². The van der Waals surface area contributed by atoms with E-state index >= 15 is 0 Å². The van der Waals surface area contributed by atoms with E-state index in [4.69, 9.17) is 24.7 Å². The molecule has 0 aromatic heterocycles. The molecular weight excluding hydrogens is 466 g/mol. The number of benzene rings is 2. The van der Waals surface area contributed by atoms with Gasteiger partial charge in [-0.25, -0.2) is 0 Å². The van der Waals surface area contributed by atoms with Gasteiger partial charge in [0.05, 0.1) is 69.8 Å². The van der Waals surface area contributed by atoms with Crippen molar-refractivity contribution in [3.05, 3.63) is 68.9 Å². The molecule has 1 aliphatic rings. The Hall–Kier alpha value is -4.95. The lowest BCUT2D eigenvalue weighted by atomic mass is 9.58. The van der Waals surface area contributed by atoms with E-state index in [1.165, 1.54) is 52.7 Å². The molecule has 2 N–H and O–H groups in total. The van der Waals surface area contributed by atoms with Crippen molar-refractivity contribution in [3.63, 3.8) is 0 Å². The summed E-state index contributed by atoms with van der Waals surface area (Å²) in [5.74, 6) is -1.29. The molecule has 0 bridgehead atoms. The Bertz CT molecular complexity index is 1340. The second-order valence-electron chi connectivity index (χ2n) is 7.93. The van der Waals surface area contributed by atoms with Crippen molar-refractivity contribution in [2.75, 3.05) is 28.4 Å². The molecule has 0 fully saturated rings. The number of ether oxygens (including phenoxy) is 4. The Kier molecular flexibility index (Phi) is 7.22. The molecule has 0 amide bonds. The summed E-state index contributed by atoms with van der Waals surface area (Å²) in [6.45, 7) is 0. The van der Waals surface area contributed by atoms with Crippen molar-refractivity contribution >= 4 is 0 Å². The van der Waals surface area contributed by atoms with Crippen LogP contribution in [0.4, 0.5) is 0 Å². The zero-order valence-corrected chi connectivity index (χ0v) is 20.0. The van der Waals surface area contributed by atoms with Crippen molar-refractivity contribution < 1.29 is 23.9 Å². The molecule has 3 unspecified atom stereocenters. The Morgan fingerprint density at radius 2 is 1.33 bits per heavy atom. The van der Waals surface area contributed by atoms with Crippen LogP contribution in [0.25, 0.3) is 0 Å². The molecule has 3 rings (SSSR count). The molecule has 2 aromatic carbocycles. The average Bonchev–Trinajstić information content (AvgIpc) is 2.91. The van der Waals surface area contributed by atoms with Crippen LogP contribution in [0.5, 0.6) is 23.0 Å². The number of nitriles is 3. The Morgan fingerprint density at radius 3 is 1.75 bits per heavy atom. The number of nitrogens with two attached hydrogens (primary N) is 1. The minimum Gasteiger partial charge on any atom is -0.493 e. The molecule has 36 heavy (non-hydrogen) atoms. The van der Waals surface area contributed by atoms with E-state index < -0.39 is 28.2 Å². The predicted molar refractivity (Wildman–Crippen MR) is 126 cm³/mol. The first-order valence-corrected chi connectivity index (χ1v) is 10.6. The number of rotatable bonds is 7. The summed E-state index contributed by atoms with van der Waals surface area (Å²) in [7, 11) is 5.67. The molecule has 0 radical (unpaired) electrons. The minimum atomic E-state index is -2.20. The fourth-order valence-electron chi connectivity index (χ4n) is 4.73. The van der Waals surface area contributed by atoms with E-state index in [0.717, 1.165) is 0 Å². The smallest absolute Gasteiger partial charge is 0.234 e. The van der Waals surface area contributed by atoms with E-state index in [-0.39, 0.29) is 28.3 Å². The normalized spacial score (nSPS) is 20.3. The molecule has 0 heterocycles. The van der Waals surface area contributed by atoms with E-state index in [2.05, 4.69) is 0 Å². The topological polar surface area (TPSA) is 177 Å². The molecule has 11 heteroatoms. The van der Waals surface area contributed by atoms with Crippen LogP contribution in [0.1, 0.15) is 23.0 Å². The third-order valence-corrected chi connectivity index (χ3v) is 6.43. The number of nitro groups is 1. The van der Waals surface area contributed by atoms with Crippen molar-refractivity contribution in [2.45, 2.75) is 17.9 Å². The third kappa shape index (κ3) is 3.85. The lowest BCUT2D eigenvalue weighted by Gasteiger charge is -2.40. The van der Waals surface area contributed by atoms with Gasteiger partial charge in [0.15, 0.2) is 28.4 Å². The fourth-order valence-corrected chi connectivity index (χ4v) is 4.73. The maximum Gasteiger partial charge on any atom is 0.234 e. The quantitative estimate of drug-likeness (QED) is 0.449. The fraction of sp³-hybridized carbons (Fsp3) is 0.320. The van der Waals surface area contributed by atoms with E-state index in [9.17, 15) is 25.9 Å². The van der Waals surface area contributed by atoms with Gasteiger partial charge in [-0.1, -0.05) is 12.1 Å². The lowest BCUT2D eigenvalue weighted by molar-refractivity contribution is -0.532. The van der Waals surface area contributed by atoms with Gasteiger partial charge < -0.3 is 24.7 Å². The van der Waals surface area contributed by atoms with E-state index in [0.29, 0.717) is 17.1 Å². The zero-order chi connectivity index (χ0) is 26.6. The van der Waals surface area contributed by atoms with Gasteiger partial charge in [-0.3, -0.25) is 10.1 Å². The van der Waals surface area contributed by atoms with Gasteiger partial charge in [-0.05, 0) is 35.4 Å². The summed E-state index contributed by atoms with van der Waals surface area (Å²) in [6.07, 6.45) is 0. The van der Waals surface area contributed by atoms with Crippen LogP contribution in [-0.4, -0.2) is 39.4 Å². The van der Waals surface area contributed by atoms with Crippen LogP contribution in [-0.2, 0) is 0 Å². The standard InChI is InChI=1S/C25H23N5O6/c1-33-17-7-5-14(9-19(17)35-3)21-16(11-26)24(29)25(12-27,13-28)22(23(21)30(31)32)15-6-8-18(34-2)20(10-15)36-4/h5-10,21-23H,29H2,1-4H3. The number of hydrogen-bond acceptors (Lipinski definition) is 10. The summed E-state index contributed by atoms with van der Waals surface area (Å²) in [4.78, 5) is 12.1. The number of allylic oxidation sites excluding steroid dienone is 1. The highest BCUT2D eigenvalue weighted by Gasteiger charge is 2.61. The maximum absolute atomic E-state index is 12.7. The summed E-state index contributed by atoms with van der Waals surface area (Å²) in [6, 6.07) is 13.2. The lowest BCUT2D eigenvalue weighted by Crippen LogP contribution is -2.50. The molecule has 184 valence electrons. The first kappa shape index (κ1) is 25.7. The minimum absolute atomic E-state index is 0.233. The molecular formula is C25H23N5O6. The Morgan fingerprint density at radius 1 is 0.861 bits per heavy atom. The highest BCUT2D eigenvalue weighted by Crippen LogP contribution is 2.55. The summed E-state index contributed by atoms with van der Waals surface area (Å²) >= 11 is 0. The maximum atomic E-state index is 12.7. The van der Waals surface area contributed by atoms with Crippen LogP contribution in [0, 0.1) is 49.5 Å². The van der Waals surface area contributed by atoms with Crippen LogP contribution in [0.2, 0.25) is 0 Å². The molecule has 0 spiro atoms. The monoisotopic (exact) mass is 489 g/mol. The van der Waals surface area contributed by atoms with E-state index in [1.807, 2.05) is 18.2 Å². The first-order chi connectivity index (χ1) is 17.3. The second-order valence-corrected chi connectivity index (χ2v) is 7.93. The highest BCUT2D eigenvalue weighted by molar-refractivity contribution is 5.57. The first-order valence-electron chi connectivity index (χ1n) is 10.6. The average molecular weight is 489 g/mol. The SMILES string of the molecule is COc1ccc(C2C(C#N)=C(N)C(C#N)(C#N)C(c3ccc(OC)c(OC)c3)C2[N+](=O)[O-])cc1OC. The third-order valence-electron chi connectivity index (χ3n) is 6.43. The molecule has 1 aliphatic carbocycles. The zero-order valence-electron chi connectivity index (χ0n) is 20.0. The molecule has 0 saturated heterocycles. The van der Waals surface area contributed by atoms with Gasteiger partial charge in [0, 0.05) is 4.92 Å². The van der Waals surface area contributed by atoms with Crippen LogP contribution >= 0.6 is 0 Å². The molecule has 3 atom stereocenters. The second kappa shape index (κ2) is 10.1. The van der Waals surface area contributed by atoms with Crippen LogP contribution in [0.3, 0.4) is 0 Å².